The van der Waals surface area contributed by atoms with E-state index in [-0.39, 0.29) is 0 Å². The minimum absolute atomic E-state index is 0.352. The summed E-state index contributed by atoms with van der Waals surface area (Å²) in [5.41, 5.74) is 1.26. The monoisotopic (exact) mass is 222 g/mol. The van der Waals surface area contributed by atoms with Gasteiger partial charge in [-0.3, -0.25) is 4.98 Å². The maximum atomic E-state index is 5.51. The second-order valence-corrected chi connectivity index (χ2v) is 4.43. The Morgan fingerprint density at radius 1 is 1.25 bits per heavy atom. The molecule has 1 unspecified atom stereocenters. The summed E-state index contributed by atoms with van der Waals surface area (Å²) in [7, 11) is 0. The summed E-state index contributed by atoms with van der Waals surface area (Å²) >= 11 is 0. The maximum absolute atomic E-state index is 5.51. The van der Waals surface area contributed by atoms with Gasteiger partial charge in [0.15, 0.2) is 0 Å². The van der Waals surface area contributed by atoms with E-state index in [0.717, 1.165) is 19.8 Å². The first-order chi connectivity index (χ1) is 7.70. The molecule has 1 N–H and O–H groups in total. The fraction of sp³-hybridized carbons (Fsp3) is 0.615. The van der Waals surface area contributed by atoms with E-state index in [2.05, 4.69) is 31.1 Å². The lowest BCUT2D eigenvalue weighted by atomic mass is 10.1. The molecular weight excluding hydrogens is 200 g/mol. The van der Waals surface area contributed by atoms with E-state index >= 15 is 0 Å². The van der Waals surface area contributed by atoms with Gasteiger partial charge in [-0.1, -0.05) is 13.8 Å². The van der Waals surface area contributed by atoms with Crippen molar-refractivity contribution in [2.24, 2.45) is 5.92 Å². The molecule has 0 aliphatic rings. The first-order valence-corrected chi connectivity index (χ1v) is 5.91. The zero-order valence-electron chi connectivity index (χ0n) is 10.4. The van der Waals surface area contributed by atoms with Crippen LogP contribution in [0, 0.1) is 5.92 Å². The standard InChI is InChI=1S/C13H22N2O/c1-11(2)10-16-9-8-15-12(3)13-4-6-14-7-5-13/h4-7,11-12,15H,8-10H2,1-3H3. The van der Waals surface area contributed by atoms with Crippen LogP contribution in [-0.2, 0) is 4.74 Å². The summed E-state index contributed by atoms with van der Waals surface area (Å²) in [6.45, 7) is 8.97. The Morgan fingerprint density at radius 2 is 1.94 bits per heavy atom. The molecule has 0 fully saturated rings. The van der Waals surface area contributed by atoms with E-state index in [1.54, 1.807) is 0 Å². The molecule has 1 aromatic rings. The molecule has 0 saturated carbocycles. The maximum Gasteiger partial charge on any atom is 0.0591 e. The Bertz CT molecular complexity index is 275. The van der Waals surface area contributed by atoms with Crippen molar-refractivity contribution in [3.63, 3.8) is 0 Å². The lowest BCUT2D eigenvalue weighted by Gasteiger charge is -2.14. The number of pyridine rings is 1. The Kier molecular flexibility index (Phi) is 6.04. The minimum atomic E-state index is 0.352. The number of rotatable bonds is 7. The van der Waals surface area contributed by atoms with Crippen LogP contribution >= 0.6 is 0 Å². The highest BCUT2D eigenvalue weighted by molar-refractivity contribution is 5.13. The summed E-state index contributed by atoms with van der Waals surface area (Å²) in [6.07, 6.45) is 3.64. The Morgan fingerprint density at radius 3 is 2.56 bits per heavy atom. The molecule has 0 spiro atoms. The van der Waals surface area contributed by atoms with Gasteiger partial charge in [0, 0.05) is 31.6 Å². The van der Waals surface area contributed by atoms with Gasteiger partial charge in [-0.15, -0.1) is 0 Å². The van der Waals surface area contributed by atoms with Crippen molar-refractivity contribution >= 4 is 0 Å². The van der Waals surface area contributed by atoms with E-state index < -0.39 is 0 Å². The fourth-order valence-corrected chi connectivity index (χ4v) is 1.44. The van der Waals surface area contributed by atoms with Gasteiger partial charge in [-0.25, -0.2) is 0 Å². The highest BCUT2D eigenvalue weighted by atomic mass is 16.5. The summed E-state index contributed by atoms with van der Waals surface area (Å²) in [5.74, 6) is 0.609. The fourth-order valence-electron chi connectivity index (χ4n) is 1.44. The van der Waals surface area contributed by atoms with Crippen molar-refractivity contribution in [3.05, 3.63) is 30.1 Å². The van der Waals surface area contributed by atoms with Crippen LogP contribution in [0.5, 0.6) is 0 Å². The molecule has 1 heterocycles. The van der Waals surface area contributed by atoms with Gasteiger partial charge in [0.25, 0.3) is 0 Å². The van der Waals surface area contributed by atoms with Crippen molar-refractivity contribution < 1.29 is 4.74 Å². The number of nitrogens with zero attached hydrogens (tertiary/aromatic N) is 1. The number of aromatic nitrogens is 1. The smallest absolute Gasteiger partial charge is 0.0591 e. The van der Waals surface area contributed by atoms with Gasteiger partial charge in [0.05, 0.1) is 6.61 Å². The van der Waals surface area contributed by atoms with Crippen molar-refractivity contribution in [1.82, 2.24) is 10.3 Å². The van der Waals surface area contributed by atoms with E-state index in [1.807, 2.05) is 24.5 Å². The van der Waals surface area contributed by atoms with Gasteiger partial charge in [-0.05, 0) is 30.5 Å². The Balaban J connectivity index is 2.14. The van der Waals surface area contributed by atoms with E-state index in [9.17, 15) is 0 Å². The average molecular weight is 222 g/mol. The molecule has 16 heavy (non-hydrogen) atoms. The molecule has 0 radical (unpaired) electrons. The SMILES string of the molecule is CC(C)COCCNC(C)c1ccncc1. The highest BCUT2D eigenvalue weighted by Gasteiger charge is 2.03. The topological polar surface area (TPSA) is 34.1 Å². The second-order valence-electron chi connectivity index (χ2n) is 4.43. The van der Waals surface area contributed by atoms with Crippen LogP contribution in [0.15, 0.2) is 24.5 Å². The Hall–Kier alpha value is -0.930. The minimum Gasteiger partial charge on any atom is -0.380 e. The highest BCUT2D eigenvalue weighted by Crippen LogP contribution is 2.09. The van der Waals surface area contributed by atoms with Crippen molar-refractivity contribution in [3.8, 4) is 0 Å². The summed E-state index contributed by atoms with van der Waals surface area (Å²) in [6, 6.07) is 4.42. The van der Waals surface area contributed by atoms with Gasteiger partial charge >= 0.3 is 0 Å². The van der Waals surface area contributed by atoms with Gasteiger partial charge in [0.1, 0.15) is 0 Å². The number of nitrogens with one attached hydrogen (secondary N) is 1. The third-order valence-corrected chi connectivity index (χ3v) is 2.35. The van der Waals surface area contributed by atoms with Crippen LogP contribution in [0.4, 0.5) is 0 Å². The van der Waals surface area contributed by atoms with Crippen LogP contribution in [0.1, 0.15) is 32.4 Å². The zero-order chi connectivity index (χ0) is 11.8. The van der Waals surface area contributed by atoms with Gasteiger partial charge in [-0.2, -0.15) is 0 Å². The third-order valence-electron chi connectivity index (χ3n) is 2.35. The summed E-state index contributed by atoms with van der Waals surface area (Å²) in [5, 5.41) is 3.42. The van der Waals surface area contributed by atoms with Crippen LogP contribution in [0.25, 0.3) is 0 Å². The van der Waals surface area contributed by atoms with Gasteiger partial charge < -0.3 is 10.1 Å². The summed E-state index contributed by atoms with van der Waals surface area (Å²) < 4.78 is 5.51. The van der Waals surface area contributed by atoms with Crippen LogP contribution in [-0.4, -0.2) is 24.7 Å². The average Bonchev–Trinajstić information content (AvgIpc) is 2.29. The molecule has 90 valence electrons. The second kappa shape index (κ2) is 7.36. The first-order valence-electron chi connectivity index (χ1n) is 5.91. The van der Waals surface area contributed by atoms with Crippen molar-refractivity contribution in [1.29, 1.82) is 0 Å². The number of ether oxygens (including phenoxy) is 1. The molecule has 1 rings (SSSR count). The largest absolute Gasteiger partial charge is 0.380 e. The lowest BCUT2D eigenvalue weighted by molar-refractivity contribution is 0.110. The molecule has 0 amide bonds. The Labute approximate surface area is 98.2 Å². The van der Waals surface area contributed by atoms with Crippen molar-refractivity contribution in [2.45, 2.75) is 26.8 Å². The molecule has 0 bridgehead atoms. The third kappa shape index (κ3) is 5.24. The molecule has 3 heteroatoms. The van der Waals surface area contributed by atoms with E-state index in [4.69, 9.17) is 4.74 Å². The zero-order valence-corrected chi connectivity index (χ0v) is 10.4. The van der Waals surface area contributed by atoms with Gasteiger partial charge in [0.2, 0.25) is 0 Å². The van der Waals surface area contributed by atoms with Crippen LogP contribution < -0.4 is 5.32 Å². The molecule has 0 aliphatic carbocycles. The van der Waals surface area contributed by atoms with E-state index in [1.165, 1.54) is 5.56 Å². The predicted molar refractivity (Wildman–Crippen MR) is 66.3 cm³/mol. The number of hydrogen-bond donors (Lipinski definition) is 1. The normalized spacial score (nSPS) is 13.0. The number of hydrogen-bond acceptors (Lipinski definition) is 3. The lowest BCUT2D eigenvalue weighted by Crippen LogP contribution is -2.23. The predicted octanol–water partition coefficient (Wildman–Crippen LogP) is 2.40. The molecule has 0 aliphatic heterocycles. The molecular formula is C13H22N2O. The van der Waals surface area contributed by atoms with Crippen molar-refractivity contribution in [2.75, 3.05) is 19.8 Å². The summed E-state index contributed by atoms with van der Waals surface area (Å²) in [4.78, 5) is 4.00. The molecule has 1 aromatic heterocycles. The quantitative estimate of drug-likeness (QED) is 0.719. The molecule has 0 saturated heterocycles. The molecule has 3 nitrogen and oxygen atoms in total. The van der Waals surface area contributed by atoms with Crippen LogP contribution in [0.2, 0.25) is 0 Å². The van der Waals surface area contributed by atoms with E-state index in [0.29, 0.717) is 12.0 Å². The van der Waals surface area contributed by atoms with Crippen LogP contribution in [0.3, 0.4) is 0 Å². The molecule has 1 atom stereocenters. The molecule has 0 aromatic carbocycles. The first kappa shape index (κ1) is 13.1.